The van der Waals surface area contributed by atoms with Crippen LogP contribution in [0.3, 0.4) is 0 Å². The monoisotopic (exact) mass is 122 g/mol. The van der Waals surface area contributed by atoms with Crippen LogP contribution in [-0.4, -0.2) is 0 Å². The first-order chi connectivity index (χ1) is 4.74. The molecule has 1 aromatic carbocycles. The summed E-state index contributed by atoms with van der Waals surface area (Å²) in [5.41, 5.74) is 8.40. The third kappa shape index (κ3) is 1.22. The normalized spacial score (nSPS) is 11.0. The summed E-state index contributed by atoms with van der Waals surface area (Å²) in [6.45, 7) is 2.26. The average molecular weight is 122 g/mol. The van der Waals surface area contributed by atoms with Crippen LogP contribution in [-0.2, 0) is 0 Å². The topological polar surface area (TPSA) is 26.0 Å². The Kier molecular flexibility index (Phi) is 1.13. The maximum absolute atomic E-state index is 7.08. The van der Waals surface area contributed by atoms with E-state index in [2.05, 4.69) is 0 Å². The second-order valence-electron chi connectivity index (χ2n) is 2.20. The van der Waals surface area contributed by atoms with E-state index in [9.17, 15) is 0 Å². The van der Waals surface area contributed by atoms with Crippen molar-refractivity contribution in [1.82, 2.24) is 0 Å². The molecule has 1 heteroatoms. The molecule has 9 heavy (non-hydrogen) atoms. The Morgan fingerprint density at radius 3 is 2.89 bits per heavy atom. The van der Waals surface area contributed by atoms with Crippen LogP contribution < -0.4 is 5.73 Å². The van der Waals surface area contributed by atoms with Gasteiger partial charge in [-0.25, -0.2) is 0 Å². The van der Waals surface area contributed by atoms with Crippen molar-refractivity contribution in [2.45, 2.75) is 13.8 Å². The minimum absolute atomic E-state index is 0.270. The molecule has 0 spiro atoms. The Morgan fingerprint density at radius 2 is 2.33 bits per heavy atom. The number of benzene rings is 1. The van der Waals surface area contributed by atoms with Crippen molar-refractivity contribution >= 4 is 5.69 Å². The molecule has 0 fully saturated rings. The standard InChI is InChI=1S/C8H11N/c1-6-3-4-7(2)8(9)5-6/h3-5H,9H2,1-2H3/i2D. The molecule has 1 rings (SSSR count). The Balaban J connectivity index is 3.07. The van der Waals surface area contributed by atoms with Gasteiger partial charge in [-0.15, -0.1) is 0 Å². The number of rotatable bonds is 0. The molecule has 0 amide bonds. The van der Waals surface area contributed by atoms with Crippen molar-refractivity contribution in [1.29, 1.82) is 0 Å². The van der Waals surface area contributed by atoms with Gasteiger partial charge in [0.05, 0.1) is 0 Å². The van der Waals surface area contributed by atoms with Gasteiger partial charge in [-0.3, -0.25) is 0 Å². The van der Waals surface area contributed by atoms with Gasteiger partial charge in [-0.05, 0) is 31.0 Å². The quantitative estimate of drug-likeness (QED) is 0.522. The Morgan fingerprint density at radius 1 is 1.56 bits per heavy atom. The number of hydrogen-bond acceptors (Lipinski definition) is 1. The highest BCUT2D eigenvalue weighted by Crippen LogP contribution is 2.10. The van der Waals surface area contributed by atoms with Crippen LogP contribution in [0.2, 0.25) is 0 Å². The average Bonchev–Trinajstić information content (AvgIpc) is 1.88. The molecule has 0 aliphatic carbocycles. The van der Waals surface area contributed by atoms with Crippen molar-refractivity contribution in [2.24, 2.45) is 0 Å². The zero-order valence-electron chi connectivity index (χ0n) is 6.52. The molecule has 0 aliphatic heterocycles. The summed E-state index contributed by atoms with van der Waals surface area (Å²) >= 11 is 0. The number of hydrogen-bond donors (Lipinski definition) is 1. The Bertz CT molecular complexity index is 233. The van der Waals surface area contributed by atoms with E-state index in [1.54, 1.807) is 0 Å². The van der Waals surface area contributed by atoms with E-state index in [4.69, 9.17) is 7.10 Å². The summed E-state index contributed by atoms with van der Waals surface area (Å²) in [5, 5.41) is 0. The first-order valence-electron chi connectivity index (χ1n) is 3.59. The van der Waals surface area contributed by atoms with Crippen molar-refractivity contribution in [3.8, 4) is 0 Å². The molecule has 0 aromatic heterocycles. The zero-order valence-corrected chi connectivity index (χ0v) is 5.52. The van der Waals surface area contributed by atoms with Crippen LogP contribution in [0.25, 0.3) is 0 Å². The fourth-order valence-corrected chi connectivity index (χ4v) is 0.714. The summed E-state index contributed by atoms with van der Waals surface area (Å²) in [4.78, 5) is 0. The molecular formula is C8H11N. The van der Waals surface area contributed by atoms with E-state index in [0.29, 0.717) is 0 Å². The third-order valence-corrected chi connectivity index (χ3v) is 1.30. The van der Waals surface area contributed by atoms with Gasteiger partial charge < -0.3 is 5.73 Å². The van der Waals surface area contributed by atoms with E-state index in [1.807, 2.05) is 25.1 Å². The minimum atomic E-state index is 0.270. The molecule has 0 aliphatic rings. The van der Waals surface area contributed by atoms with Gasteiger partial charge >= 0.3 is 0 Å². The predicted molar refractivity (Wildman–Crippen MR) is 40.3 cm³/mol. The number of anilines is 1. The second-order valence-corrected chi connectivity index (χ2v) is 2.20. The molecule has 0 heterocycles. The molecule has 0 atom stereocenters. The molecule has 0 bridgehead atoms. The first-order valence-corrected chi connectivity index (χ1v) is 2.88. The van der Waals surface area contributed by atoms with Crippen LogP contribution in [0.15, 0.2) is 18.2 Å². The molecule has 1 aromatic rings. The molecule has 0 saturated heterocycles. The van der Waals surface area contributed by atoms with E-state index in [-0.39, 0.29) is 6.90 Å². The van der Waals surface area contributed by atoms with Crippen molar-refractivity contribution in [3.63, 3.8) is 0 Å². The maximum atomic E-state index is 7.08. The second kappa shape index (κ2) is 2.09. The predicted octanol–water partition coefficient (Wildman–Crippen LogP) is 1.89. The lowest BCUT2D eigenvalue weighted by atomic mass is 10.1. The summed E-state index contributed by atoms with van der Waals surface area (Å²) in [6, 6.07) is 5.77. The summed E-state index contributed by atoms with van der Waals surface area (Å²) < 4.78 is 7.08. The van der Waals surface area contributed by atoms with Crippen molar-refractivity contribution in [3.05, 3.63) is 29.3 Å². The van der Waals surface area contributed by atoms with Gasteiger partial charge in [0, 0.05) is 7.06 Å². The fraction of sp³-hybridized carbons (Fsp3) is 0.250. The van der Waals surface area contributed by atoms with Gasteiger partial charge in [0.1, 0.15) is 0 Å². The van der Waals surface area contributed by atoms with Gasteiger partial charge in [0.25, 0.3) is 0 Å². The maximum Gasteiger partial charge on any atom is 0.0346 e. The summed E-state index contributed by atoms with van der Waals surface area (Å²) in [5.74, 6) is 0. The van der Waals surface area contributed by atoms with Crippen LogP contribution in [0, 0.1) is 13.8 Å². The van der Waals surface area contributed by atoms with Gasteiger partial charge in [0.15, 0.2) is 0 Å². The lowest BCUT2D eigenvalue weighted by Crippen LogP contribution is -1.88. The van der Waals surface area contributed by atoms with Crippen molar-refractivity contribution in [2.75, 3.05) is 5.73 Å². The zero-order chi connectivity index (χ0) is 7.56. The molecule has 0 unspecified atom stereocenters. The lowest BCUT2D eigenvalue weighted by Gasteiger charge is -1.98. The summed E-state index contributed by atoms with van der Waals surface area (Å²) in [7, 11) is 0. The number of aryl methyl sites for hydroxylation is 2. The number of nitrogens with two attached hydrogens (primary N) is 1. The van der Waals surface area contributed by atoms with Crippen LogP contribution in [0.5, 0.6) is 0 Å². The fourth-order valence-electron chi connectivity index (χ4n) is 0.714. The minimum Gasteiger partial charge on any atom is -0.399 e. The van der Waals surface area contributed by atoms with Crippen LogP contribution >= 0.6 is 0 Å². The smallest absolute Gasteiger partial charge is 0.0346 e. The van der Waals surface area contributed by atoms with E-state index >= 15 is 0 Å². The molecule has 0 radical (unpaired) electrons. The Hall–Kier alpha value is -0.980. The van der Waals surface area contributed by atoms with E-state index < -0.39 is 0 Å². The molecule has 48 valence electrons. The lowest BCUT2D eigenvalue weighted by molar-refractivity contribution is 1.40. The molecule has 2 N–H and O–H groups in total. The highest BCUT2D eigenvalue weighted by Gasteiger charge is 1.89. The highest BCUT2D eigenvalue weighted by molar-refractivity contribution is 5.47. The first kappa shape index (κ1) is 4.86. The van der Waals surface area contributed by atoms with E-state index in [1.165, 1.54) is 0 Å². The van der Waals surface area contributed by atoms with Gasteiger partial charge in [0.2, 0.25) is 0 Å². The third-order valence-electron chi connectivity index (χ3n) is 1.30. The summed E-state index contributed by atoms with van der Waals surface area (Å²) in [6.07, 6.45) is 0. The SMILES string of the molecule is [2H]Cc1ccc(C)cc1N. The largest absolute Gasteiger partial charge is 0.399 e. The Labute approximate surface area is 56.9 Å². The van der Waals surface area contributed by atoms with Crippen LogP contribution in [0.1, 0.15) is 12.5 Å². The van der Waals surface area contributed by atoms with Gasteiger partial charge in [-0.2, -0.15) is 0 Å². The van der Waals surface area contributed by atoms with Crippen LogP contribution in [0.4, 0.5) is 5.69 Å². The van der Waals surface area contributed by atoms with Gasteiger partial charge in [-0.1, -0.05) is 12.1 Å². The molecule has 1 nitrogen and oxygen atoms in total. The molecule has 0 saturated carbocycles. The van der Waals surface area contributed by atoms with Crippen molar-refractivity contribution < 1.29 is 1.37 Å². The molecular weight excluding hydrogens is 110 g/mol. The number of nitrogen functional groups attached to an aromatic ring is 1. The highest BCUT2D eigenvalue weighted by atomic mass is 14.5. The van der Waals surface area contributed by atoms with E-state index in [0.717, 1.165) is 16.8 Å².